The molecule has 0 atom stereocenters. The van der Waals surface area contributed by atoms with Crippen molar-refractivity contribution in [1.82, 2.24) is 9.19 Å². The molecule has 0 saturated carbocycles. The van der Waals surface area contributed by atoms with Crippen molar-refractivity contribution < 1.29 is 8.42 Å². The molecule has 0 aliphatic heterocycles. The Hall–Kier alpha value is -1.53. The number of aryl methyl sites for hydroxylation is 1. The minimum Gasteiger partial charge on any atom is -0.382 e. The van der Waals surface area contributed by atoms with Crippen LogP contribution in [0.25, 0.3) is 0 Å². The zero-order valence-corrected chi connectivity index (χ0v) is 10.5. The number of nitrogens with two attached hydrogens (primary N) is 1. The van der Waals surface area contributed by atoms with Crippen molar-refractivity contribution in [2.24, 2.45) is 0 Å². The van der Waals surface area contributed by atoms with Crippen molar-refractivity contribution >= 4 is 27.4 Å². The monoisotopic (exact) mass is 271 g/mol. The van der Waals surface area contributed by atoms with Crippen LogP contribution in [0, 0.1) is 6.92 Å². The highest BCUT2D eigenvalue weighted by Crippen LogP contribution is 2.21. The van der Waals surface area contributed by atoms with E-state index in [-0.39, 0.29) is 10.7 Å². The zero-order chi connectivity index (χ0) is 12.6. The van der Waals surface area contributed by atoms with E-state index in [0.717, 1.165) is 9.65 Å². The van der Waals surface area contributed by atoms with Gasteiger partial charge in [0.2, 0.25) is 0 Å². The van der Waals surface area contributed by atoms with Gasteiger partial charge in [0.05, 0.1) is 4.90 Å². The van der Waals surface area contributed by atoms with Gasteiger partial charge in [-0.3, -0.25) is 0 Å². The van der Waals surface area contributed by atoms with Gasteiger partial charge in [0.1, 0.15) is 5.82 Å². The molecule has 0 aliphatic carbocycles. The van der Waals surface area contributed by atoms with Crippen LogP contribution in [0.5, 0.6) is 0 Å². The molecule has 2 rings (SSSR count). The number of benzene rings is 1. The summed E-state index contributed by atoms with van der Waals surface area (Å²) in [5.41, 5.74) is 6.20. The molecule has 0 aliphatic rings. The van der Waals surface area contributed by atoms with Gasteiger partial charge >= 0.3 is 0 Å². The number of anilines is 1. The van der Waals surface area contributed by atoms with Gasteiger partial charge in [0.15, 0.2) is 0 Å². The molecule has 2 N–H and O–H groups in total. The molecule has 1 aromatic heterocycles. The first-order valence-electron chi connectivity index (χ1n) is 4.74. The van der Waals surface area contributed by atoms with E-state index in [1.807, 2.05) is 0 Å². The molecule has 2 aromatic rings. The van der Waals surface area contributed by atoms with Crippen LogP contribution < -0.4 is 5.73 Å². The molecule has 1 aromatic carbocycles. The van der Waals surface area contributed by atoms with Crippen LogP contribution in [-0.2, 0) is 10.0 Å². The fourth-order valence-electron chi connectivity index (χ4n) is 1.30. The predicted molar refractivity (Wildman–Crippen MR) is 65.4 cm³/mol. The topological polar surface area (TPSA) is 78.0 Å². The fraction of sp³-hybridized carbons (Fsp3) is 0.100. The van der Waals surface area contributed by atoms with Crippen molar-refractivity contribution in [2.45, 2.75) is 11.8 Å². The van der Waals surface area contributed by atoms with E-state index in [9.17, 15) is 8.42 Å². The van der Waals surface area contributed by atoms with Gasteiger partial charge in [-0.2, -0.15) is 12.5 Å². The highest BCUT2D eigenvalue weighted by molar-refractivity contribution is 7.89. The second-order valence-corrected chi connectivity index (χ2v) is 5.73. The zero-order valence-electron chi connectivity index (χ0n) is 8.96. The maximum atomic E-state index is 12.1. The highest BCUT2D eigenvalue weighted by atomic mass is 35.5. The molecule has 1 heterocycles. The SMILES string of the molecule is Cc1ccc(S(=O)(=O)n2ccc(N)n2)cc1Cl. The Balaban J connectivity index is 2.56. The van der Waals surface area contributed by atoms with Crippen molar-refractivity contribution in [3.63, 3.8) is 0 Å². The number of nitrogens with zero attached hydrogens (tertiary/aromatic N) is 2. The van der Waals surface area contributed by atoms with Crippen molar-refractivity contribution in [1.29, 1.82) is 0 Å². The summed E-state index contributed by atoms with van der Waals surface area (Å²) < 4.78 is 25.0. The van der Waals surface area contributed by atoms with Crippen molar-refractivity contribution in [3.05, 3.63) is 41.0 Å². The minimum atomic E-state index is -3.72. The number of aromatic nitrogens is 2. The van der Waals surface area contributed by atoms with E-state index in [2.05, 4.69) is 5.10 Å². The van der Waals surface area contributed by atoms with Crippen molar-refractivity contribution in [3.8, 4) is 0 Å². The number of halogens is 1. The highest BCUT2D eigenvalue weighted by Gasteiger charge is 2.18. The van der Waals surface area contributed by atoms with Gasteiger partial charge in [-0.05, 0) is 24.6 Å². The summed E-state index contributed by atoms with van der Waals surface area (Å²) in [6.45, 7) is 1.80. The van der Waals surface area contributed by atoms with E-state index in [4.69, 9.17) is 17.3 Å². The standard InChI is InChI=1S/C10H10ClN3O2S/c1-7-2-3-8(6-9(7)11)17(15,16)14-5-4-10(12)13-14/h2-6H,1H3,(H2,12,13). The summed E-state index contributed by atoms with van der Waals surface area (Å²) >= 11 is 5.89. The van der Waals surface area contributed by atoms with Gasteiger partial charge < -0.3 is 5.73 Å². The molecule has 0 saturated heterocycles. The van der Waals surface area contributed by atoms with E-state index < -0.39 is 10.0 Å². The Kier molecular flexibility index (Phi) is 2.84. The lowest BCUT2D eigenvalue weighted by Gasteiger charge is -2.05. The number of nitrogen functional groups attached to an aromatic ring is 1. The predicted octanol–water partition coefficient (Wildman–Crippen LogP) is 1.66. The maximum absolute atomic E-state index is 12.1. The molecule has 0 bridgehead atoms. The van der Waals surface area contributed by atoms with E-state index in [1.165, 1.54) is 24.4 Å². The number of rotatable bonds is 2. The molecule has 0 spiro atoms. The lowest BCUT2D eigenvalue weighted by atomic mass is 10.2. The quantitative estimate of drug-likeness (QED) is 0.901. The van der Waals surface area contributed by atoms with Crippen molar-refractivity contribution in [2.75, 3.05) is 5.73 Å². The van der Waals surface area contributed by atoms with Gasteiger partial charge in [-0.25, -0.2) is 0 Å². The number of hydrogen-bond acceptors (Lipinski definition) is 4. The Morgan fingerprint density at radius 2 is 2.06 bits per heavy atom. The lowest BCUT2D eigenvalue weighted by Crippen LogP contribution is -2.14. The fourth-order valence-corrected chi connectivity index (χ4v) is 2.69. The van der Waals surface area contributed by atoms with Crippen LogP contribution in [0.2, 0.25) is 5.02 Å². The summed E-state index contributed by atoms with van der Waals surface area (Å²) in [5.74, 6) is 0.145. The number of hydrogen-bond donors (Lipinski definition) is 1. The normalized spacial score (nSPS) is 11.6. The molecule has 0 fully saturated rings. The van der Waals surface area contributed by atoms with Crippen LogP contribution in [0.4, 0.5) is 5.82 Å². The average Bonchev–Trinajstić information content (AvgIpc) is 2.69. The first-order chi connectivity index (χ1) is 7.91. The van der Waals surface area contributed by atoms with Crippen LogP contribution in [0.15, 0.2) is 35.4 Å². The van der Waals surface area contributed by atoms with Gasteiger partial charge in [0, 0.05) is 17.3 Å². The first kappa shape index (κ1) is 11.9. The van der Waals surface area contributed by atoms with Gasteiger partial charge in [-0.15, -0.1) is 5.10 Å². The molecular weight excluding hydrogens is 262 g/mol. The largest absolute Gasteiger partial charge is 0.382 e. The Bertz CT molecular complexity index is 664. The summed E-state index contributed by atoms with van der Waals surface area (Å²) in [6, 6.07) is 5.92. The molecular formula is C10H10ClN3O2S. The Morgan fingerprint density at radius 1 is 1.35 bits per heavy atom. The lowest BCUT2D eigenvalue weighted by molar-refractivity contribution is 0.580. The molecule has 90 valence electrons. The summed E-state index contributed by atoms with van der Waals surface area (Å²) in [6.07, 6.45) is 1.29. The summed E-state index contributed by atoms with van der Waals surface area (Å²) in [7, 11) is -3.72. The smallest absolute Gasteiger partial charge is 0.283 e. The first-order valence-corrected chi connectivity index (χ1v) is 6.56. The van der Waals surface area contributed by atoms with E-state index >= 15 is 0 Å². The second-order valence-electron chi connectivity index (χ2n) is 3.53. The van der Waals surface area contributed by atoms with Crippen LogP contribution in [0.1, 0.15) is 5.56 Å². The molecule has 0 radical (unpaired) electrons. The van der Waals surface area contributed by atoms with Gasteiger partial charge in [-0.1, -0.05) is 17.7 Å². The molecule has 5 nitrogen and oxygen atoms in total. The third-order valence-corrected chi connectivity index (χ3v) is 4.23. The Labute approximate surface area is 104 Å². The van der Waals surface area contributed by atoms with Crippen LogP contribution in [0.3, 0.4) is 0 Å². The van der Waals surface area contributed by atoms with Crippen LogP contribution >= 0.6 is 11.6 Å². The third kappa shape index (κ3) is 2.13. The molecule has 0 amide bonds. The van der Waals surface area contributed by atoms with Crippen LogP contribution in [-0.4, -0.2) is 17.6 Å². The minimum absolute atomic E-state index is 0.0798. The molecule has 0 unspecified atom stereocenters. The van der Waals surface area contributed by atoms with E-state index in [0.29, 0.717) is 5.02 Å². The average molecular weight is 272 g/mol. The Morgan fingerprint density at radius 3 is 2.59 bits per heavy atom. The summed E-state index contributed by atoms with van der Waals surface area (Å²) in [5, 5.41) is 4.07. The third-order valence-electron chi connectivity index (χ3n) is 2.27. The summed E-state index contributed by atoms with van der Waals surface area (Å²) in [4.78, 5) is 0.0798. The second kappa shape index (κ2) is 4.05. The maximum Gasteiger partial charge on any atom is 0.283 e. The van der Waals surface area contributed by atoms with Gasteiger partial charge in [0.25, 0.3) is 10.0 Å². The molecule has 7 heteroatoms. The molecule has 17 heavy (non-hydrogen) atoms. The van der Waals surface area contributed by atoms with E-state index in [1.54, 1.807) is 13.0 Å².